The molecule has 0 heterocycles. The molecule has 0 aliphatic heterocycles. The van der Waals surface area contributed by atoms with Gasteiger partial charge in [-0.25, -0.2) is 0 Å². The molecule has 1 atom stereocenters. The van der Waals surface area contributed by atoms with Gasteiger partial charge in [0.25, 0.3) is 0 Å². The third-order valence-corrected chi connectivity index (χ3v) is 6.59. The topological polar surface area (TPSA) is 40.9 Å². The summed E-state index contributed by atoms with van der Waals surface area (Å²) in [6.07, 6.45) is -0.972. The maximum absolute atomic E-state index is 13.7. The molecule has 9 heteroatoms. The van der Waals surface area contributed by atoms with Gasteiger partial charge >= 0.3 is 6.18 Å². The molecule has 162 valence electrons. The first-order chi connectivity index (χ1) is 14.5. The number of rotatable bonds is 6. The maximum atomic E-state index is 13.7. The number of Topliss-reactive ketones (excluding diaryl/α,β-unsaturated/α-hetero) is 1. The van der Waals surface area contributed by atoms with E-state index in [4.69, 9.17) is 51.7 Å². The summed E-state index contributed by atoms with van der Waals surface area (Å²) in [7, 11) is 0. The first kappa shape index (κ1) is 23.9. The Labute approximate surface area is 197 Å². The molecule has 0 N–H and O–H groups in total. The van der Waals surface area contributed by atoms with Crippen LogP contribution in [0.15, 0.2) is 36.4 Å². The highest BCUT2D eigenvalue weighted by molar-refractivity contribution is 6.48. The molecule has 1 aliphatic rings. The molecule has 2 aromatic carbocycles. The van der Waals surface area contributed by atoms with E-state index in [1.807, 2.05) is 0 Å². The molecular weight excluding hydrogens is 493 g/mol. The van der Waals surface area contributed by atoms with E-state index in [9.17, 15) is 18.0 Å². The third kappa shape index (κ3) is 5.56. The molecule has 1 aliphatic carbocycles. The maximum Gasteiger partial charge on any atom is 0.399 e. The molecule has 0 bridgehead atoms. The monoisotopic (exact) mass is 505 g/mol. The van der Waals surface area contributed by atoms with Gasteiger partial charge in [0.05, 0.1) is 37.5 Å². The molecule has 2 aromatic rings. The van der Waals surface area contributed by atoms with E-state index in [0.717, 1.165) is 18.2 Å². The Kier molecular flexibility index (Phi) is 6.98. The summed E-state index contributed by atoms with van der Waals surface area (Å²) < 4.78 is 41.0. The summed E-state index contributed by atoms with van der Waals surface area (Å²) in [5.74, 6) is -2.25. The first-order valence-corrected chi connectivity index (χ1v) is 10.6. The van der Waals surface area contributed by atoms with Crippen LogP contribution in [0.2, 0.25) is 20.1 Å². The second kappa shape index (κ2) is 9.03. The Balaban J connectivity index is 1.85. The number of hydrogen-bond donors (Lipinski definition) is 0. The average molecular weight is 507 g/mol. The highest BCUT2D eigenvalue weighted by Crippen LogP contribution is 2.49. The molecule has 0 saturated heterocycles. The summed E-state index contributed by atoms with van der Waals surface area (Å²) in [6, 6.07) is 8.75. The van der Waals surface area contributed by atoms with Gasteiger partial charge in [-0.2, -0.15) is 18.4 Å². The fraction of sp³-hybridized carbons (Fsp3) is 0.273. The zero-order valence-corrected chi connectivity index (χ0v) is 18.8. The van der Waals surface area contributed by atoms with Gasteiger partial charge in [-0.1, -0.05) is 64.6 Å². The molecule has 0 radical (unpaired) electrons. The van der Waals surface area contributed by atoms with Crippen LogP contribution in [0.4, 0.5) is 13.2 Å². The number of nitriles is 1. The van der Waals surface area contributed by atoms with Gasteiger partial charge < -0.3 is 0 Å². The van der Waals surface area contributed by atoms with Crippen molar-refractivity contribution >= 4 is 58.3 Å². The van der Waals surface area contributed by atoms with Crippen molar-refractivity contribution in [2.24, 2.45) is 5.41 Å². The van der Waals surface area contributed by atoms with Crippen LogP contribution >= 0.6 is 46.4 Å². The highest BCUT2D eigenvalue weighted by Gasteiger charge is 2.45. The summed E-state index contributed by atoms with van der Waals surface area (Å²) in [4.78, 5) is 12.4. The van der Waals surface area contributed by atoms with Gasteiger partial charge in [0.1, 0.15) is 0 Å². The van der Waals surface area contributed by atoms with Crippen LogP contribution in [0.1, 0.15) is 46.7 Å². The Morgan fingerprint density at radius 2 is 1.71 bits per heavy atom. The lowest BCUT2D eigenvalue weighted by Gasteiger charge is -2.18. The minimum Gasteiger partial charge on any atom is -0.294 e. The van der Waals surface area contributed by atoms with Crippen LogP contribution < -0.4 is 0 Å². The molecule has 0 aromatic heterocycles. The second-order valence-corrected chi connectivity index (χ2v) is 9.01. The van der Waals surface area contributed by atoms with Crippen molar-refractivity contribution in [1.82, 2.24) is 0 Å². The number of alkyl halides is 3. The van der Waals surface area contributed by atoms with Crippen LogP contribution in [0.25, 0.3) is 6.08 Å². The summed E-state index contributed by atoms with van der Waals surface area (Å²) in [5.41, 5.74) is -0.153. The number of allylic oxidation sites excluding steroid dienone is 1. The van der Waals surface area contributed by atoms with Crippen molar-refractivity contribution in [3.05, 3.63) is 73.2 Å². The predicted octanol–water partition coefficient (Wildman–Crippen LogP) is 8.54. The standard InChI is InChI=1S/C22H14Cl4F3NO/c23-16-7-12(1-3-14(16)19(31)10-21(11-30)5-6-21)2-4-15(22(27,28)29)13-8-17(24)20(26)18(25)9-13/h1-4,7-9,15H,5-6,10H2/b4-2+. The zero-order valence-electron chi connectivity index (χ0n) is 15.7. The Morgan fingerprint density at radius 1 is 1.10 bits per heavy atom. The fourth-order valence-corrected chi connectivity index (χ4v) is 4.02. The van der Waals surface area contributed by atoms with Crippen molar-refractivity contribution in [1.29, 1.82) is 5.26 Å². The predicted molar refractivity (Wildman–Crippen MR) is 117 cm³/mol. The largest absolute Gasteiger partial charge is 0.399 e. The lowest BCUT2D eigenvalue weighted by molar-refractivity contribution is -0.139. The van der Waals surface area contributed by atoms with Crippen LogP contribution in [-0.4, -0.2) is 12.0 Å². The third-order valence-electron chi connectivity index (χ3n) is 5.08. The van der Waals surface area contributed by atoms with Gasteiger partial charge in [-0.3, -0.25) is 4.79 Å². The molecule has 2 nitrogen and oxygen atoms in total. The van der Waals surface area contributed by atoms with E-state index in [1.165, 1.54) is 24.3 Å². The number of nitrogens with zero attached hydrogens (tertiary/aromatic N) is 1. The van der Waals surface area contributed by atoms with Gasteiger partial charge in [0.15, 0.2) is 5.78 Å². The molecule has 3 rings (SSSR count). The average Bonchev–Trinajstić information content (AvgIpc) is 3.45. The van der Waals surface area contributed by atoms with Gasteiger partial charge in [0.2, 0.25) is 0 Å². The van der Waals surface area contributed by atoms with Crippen molar-refractivity contribution in [2.75, 3.05) is 0 Å². The van der Waals surface area contributed by atoms with E-state index in [2.05, 4.69) is 6.07 Å². The molecule has 31 heavy (non-hydrogen) atoms. The van der Waals surface area contributed by atoms with Gasteiger partial charge in [-0.15, -0.1) is 0 Å². The smallest absolute Gasteiger partial charge is 0.294 e. The molecule has 0 spiro atoms. The van der Waals surface area contributed by atoms with E-state index < -0.39 is 17.5 Å². The summed E-state index contributed by atoms with van der Waals surface area (Å²) in [6.45, 7) is 0. The van der Waals surface area contributed by atoms with E-state index in [-0.39, 0.29) is 43.4 Å². The van der Waals surface area contributed by atoms with Crippen molar-refractivity contribution < 1.29 is 18.0 Å². The minimum atomic E-state index is -4.60. The van der Waals surface area contributed by atoms with Gasteiger partial charge in [-0.05, 0) is 48.2 Å². The molecule has 1 unspecified atom stereocenters. The number of benzene rings is 2. The van der Waals surface area contributed by atoms with Crippen LogP contribution in [0.3, 0.4) is 0 Å². The Bertz CT molecular complexity index is 1080. The zero-order chi connectivity index (χ0) is 23.0. The summed E-state index contributed by atoms with van der Waals surface area (Å²) >= 11 is 23.8. The lowest BCUT2D eigenvalue weighted by Crippen LogP contribution is -2.19. The summed E-state index contributed by atoms with van der Waals surface area (Å²) in [5, 5.41) is 9.07. The van der Waals surface area contributed by atoms with E-state index in [1.54, 1.807) is 0 Å². The molecule has 1 fully saturated rings. The van der Waals surface area contributed by atoms with E-state index >= 15 is 0 Å². The fourth-order valence-electron chi connectivity index (χ4n) is 3.11. The van der Waals surface area contributed by atoms with Crippen molar-refractivity contribution in [3.8, 4) is 6.07 Å². The number of ketones is 1. The number of hydrogen-bond acceptors (Lipinski definition) is 2. The minimum absolute atomic E-state index is 0.0200. The molecular formula is C22H14Cl4F3NO. The SMILES string of the molecule is N#CC1(CC(=O)c2ccc(/C=C/C(c3cc(Cl)c(Cl)c(Cl)c3)C(F)(F)F)cc2Cl)CC1. The first-order valence-electron chi connectivity index (χ1n) is 9.09. The molecule has 1 saturated carbocycles. The number of halogens is 7. The Hall–Kier alpha value is -1.71. The number of carbonyl (C=O) groups excluding carboxylic acids is 1. The van der Waals surface area contributed by atoms with Crippen molar-refractivity contribution in [3.63, 3.8) is 0 Å². The quantitative estimate of drug-likeness (QED) is 0.291. The van der Waals surface area contributed by atoms with E-state index in [0.29, 0.717) is 18.4 Å². The molecule has 0 amide bonds. The van der Waals surface area contributed by atoms with Crippen molar-refractivity contribution in [2.45, 2.75) is 31.4 Å². The number of carbonyl (C=O) groups is 1. The lowest BCUT2D eigenvalue weighted by atomic mass is 9.95. The normalized spacial score (nSPS) is 16.2. The van der Waals surface area contributed by atoms with Gasteiger partial charge in [0, 0.05) is 12.0 Å². The van der Waals surface area contributed by atoms with Crippen LogP contribution in [-0.2, 0) is 0 Å². The Morgan fingerprint density at radius 3 is 2.19 bits per heavy atom. The highest BCUT2D eigenvalue weighted by atomic mass is 35.5. The van der Waals surface area contributed by atoms with Crippen LogP contribution in [0.5, 0.6) is 0 Å². The van der Waals surface area contributed by atoms with Crippen LogP contribution in [0, 0.1) is 16.7 Å². The second-order valence-electron chi connectivity index (χ2n) is 7.41.